The van der Waals surface area contributed by atoms with Crippen LogP contribution in [0.3, 0.4) is 0 Å². The highest BCUT2D eigenvalue weighted by atomic mass is 35.5. The van der Waals surface area contributed by atoms with Gasteiger partial charge < -0.3 is 15.8 Å². The Morgan fingerprint density at radius 2 is 1.85 bits per heavy atom. The van der Waals surface area contributed by atoms with Crippen molar-refractivity contribution < 1.29 is 27.1 Å². The minimum absolute atomic E-state index is 0.0328. The Kier molecular flexibility index (Phi) is 5.76. The van der Waals surface area contributed by atoms with Crippen LogP contribution < -0.4 is 11.1 Å². The summed E-state index contributed by atoms with van der Waals surface area (Å²) in [6, 6.07) is 4.53. The molecule has 0 saturated heterocycles. The third-order valence-corrected chi connectivity index (χ3v) is 6.27. The molecule has 2 aromatic rings. The van der Waals surface area contributed by atoms with Crippen LogP contribution >= 0.6 is 11.6 Å². The Morgan fingerprint density at radius 3 is 2.52 bits per heavy atom. The third kappa shape index (κ3) is 4.75. The Morgan fingerprint density at radius 1 is 1.15 bits per heavy atom. The third-order valence-electron chi connectivity index (χ3n) is 6.06. The first-order valence-electron chi connectivity index (χ1n) is 10.3. The van der Waals surface area contributed by atoms with Gasteiger partial charge in [-0.2, -0.15) is 0 Å². The number of ether oxygens (including phenoxy) is 1. The maximum atomic E-state index is 14.9. The SMILES string of the molecule is C[C@@]1(c2cc(NC(=O)c3ncc(Cl)cc3F)ccc2F)CC2(CCC(F)(F)CC2)OC(N)=N1. The number of aromatic nitrogens is 1. The molecule has 0 bridgehead atoms. The molecule has 0 unspecified atom stereocenters. The average molecular weight is 485 g/mol. The molecule has 1 amide bonds. The van der Waals surface area contributed by atoms with E-state index in [4.69, 9.17) is 22.1 Å². The van der Waals surface area contributed by atoms with E-state index in [-0.39, 0.29) is 54.4 Å². The fraction of sp³-hybridized carbons (Fsp3) is 0.409. The summed E-state index contributed by atoms with van der Waals surface area (Å²) >= 11 is 5.66. The van der Waals surface area contributed by atoms with Crippen molar-refractivity contribution in [2.24, 2.45) is 10.7 Å². The van der Waals surface area contributed by atoms with Crippen LogP contribution in [-0.4, -0.2) is 28.4 Å². The summed E-state index contributed by atoms with van der Waals surface area (Å²) in [5.74, 6) is -5.17. The second-order valence-corrected chi connectivity index (χ2v) is 9.11. The van der Waals surface area contributed by atoms with Gasteiger partial charge in [0.15, 0.2) is 11.5 Å². The number of halogens is 5. The van der Waals surface area contributed by atoms with Crippen molar-refractivity contribution in [3.05, 3.63) is 58.4 Å². The lowest BCUT2D eigenvalue weighted by atomic mass is 9.72. The van der Waals surface area contributed by atoms with Crippen LogP contribution in [0.1, 0.15) is 55.1 Å². The number of hydrogen-bond donors (Lipinski definition) is 2. The molecule has 33 heavy (non-hydrogen) atoms. The Bertz CT molecular complexity index is 1130. The van der Waals surface area contributed by atoms with Gasteiger partial charge in [0.05, 0.1) is 10.6 Å². The molecule has 1 atom stereocenters. The van der Waals surface area contributed by atoms with E-state index >= 15 is 0 Å². The van der Waals surface area contributed by atoms with Crippen molar-refractivity contribution in [3.63, 3.8) is 0 Å². The van der Waals surface area contributed by atoms with Crippen molar-refractivity contribution >= 4 is 29.2 Å². The van der Waals surface area contributed by atoms with Crippen molar-refractivity contribution in [3.8, 4) is 0 Å². The maximum absolute atomic E-state index is 14.9. The molecule has 1 spiro atoms. The minimum atomic E-state index is -2.78. The highest BCUT2D eigenvalue weighted by Crippen LogP contribution is 2.49. The number of nitrogens with one attached hydrogen (secondary N) is 1. The topological polar surface area (TPSA) is 89.6 Å². The zero-order valence-corrected chi connectivity index (χ0v) is 18.4. The van der Waals surface area contributed by atoms with Gasteiger partial charge in [-0.25, -0.2) is 27.5 Å². The Hall–Kier alpha value is -2.88. The number of nitrogens with two attached hydrogens (primary N) is 1. The molecule has 1 fully saturated rings. The van der Waals surface area contributed by atoms with Crippen LogP contribution in [0.2, 0.25) is 5.02 Å². The van der Waals surface area contributed by atoms with E-state index in [0.717, 1.165) is 18.3 Å². The van der Waals surface area contributed by atoms with Crippen molar-refractivity contribution in [2.45, 2.75) is 56.1 Å². The van der Waals surface area contributed by atoms with E-state index in [0.29, 0.717) is 0 Å². The molecule has 4 rings (SSSR count). The van der Waals surface area contributed by atoms with Gasteiger partial charge in [-0.1, -0.05) is 11.6 Å². The molecule has 2 heterocycles. The number of carbonyl (C=O) groups excluding carboxylic acids is 1. The predicted octanol–water partition coefficient (Wildman–Crippen LogP) is 5.16. The first-order chi connectivity index (χ1) is 15.4. The van der Waals surface area contributed by atoms with Crippen molar-refractivity contribution in [2.75, 3.05) is 5.32 Å². The first kappa shape index (κ1) is 23.3. The molecule has 1 aromatic heterocycles. The van der Waals surface area contributed by atoms with Crippen LogP contribution in [0, 0.1) is 11.6 Å². The lowest BCUT2D eigenvalue weighted by molar-refractivity contribution is -0.112. The molecule has 1 aromatic carbocycles. The van der Waals surface area contributed by atoms with E-state index < -0.39 is 40.3 Å². The second-order valence-electron chi connectivity index (χ2n) is 8.67. The number of rotatable bonds is 3. The number of pyridine rings is 1. The van der Waals surface area contributed by atoms with Crippen LogP contribution in [0.15, 0.2) is 35.5 Å². The van der Waals surface area contributed by atoms with E-state index in [1.54, 1.807) is 6.92 Å². The fourth-order valence-corrected chi connectivity index (χ4v) is 4.63. The predicted molar refractivity (Wildman–Crippen MR) is 114 cm³/mol. The number of hydrogen-bond acceptors (Lipinski definition) is 5. The summed E-state index contributed by atoms with van der Waals surface area (Å²) < 4.78 is 62.1. The second kappa shape index (κ2) is 8.16. The van der Waals surface area contributed by atoms with Crippen LogP contribution in [0.25, 0.3) is 0 Å². The van der Waals surface area contributed by atoms with Gasteiger partial charge in [0.1, 0.15) is 11.4 Å². The molecule has 6 nitrogen and oxygen atoms in total. The minimum Gasteiger partial charge on any atom is -0.459 e. The molecule has 176 valence electrons. The molecule has 1 aliphatic carbocycles. The lowest BCUT2D eigenvalue weighted by Gasteiger charge is -2.47. The molecule has 11 heteroatoms. The summed E-state index contributed by atoms with van der Waals surface area (Å²) in [6.07, 6.45) is 0.613. The standard InChI is InChI=1S/C22H21ClF4N4O2/c1-20(11-21(33-19(28)31-20)4-6-22(26,27)7-5-21)14-9-13(2-3-15(14)24)30-18(32)17-16(25)8-12(23)10-29-17/h2-3,8-10H,4-7,11H2,1H3,(H2,28,31)(H,30,32)/t20-/m0/s1. The lowest BCUT2D eigenvalue weighted by Crippen LogP contribution is -2.51. The van der Waals surface area contributed by atoms with Gasteiger partial charge in [0.25, 0.3) is 11.9 Å². The molecule has 2 aliphatic rings. The van der Waals surface area contributed by atoms with E-state index in [9.17, 15) is 22.4 Å². The normalized spacial score (nSPS) is 23.5. The quantitative estimate of drug-likeness (QED) is 0.589. The number of anilines is 1. The number of amides is 1. The molecule has 3 N–H and O–H groups in total. The summed E-state index contributed by atoms with van der Waals surface area (Å²) in [5.41, 5.74) is 3.43. The molecular weight excluding hydrogens is 464 g/mol. The molecule has 1 saturated carbocycles. The summed E-state index contributed by atoms with van der Waals surface area (Å²) in [4.78, 5) is 20.4. The number of aliphatic imine (C=N–C) groups is 1. The van der Waals surface area contributed by atoms with Crippen LogP contribution in [0.4, 0.5) is 23.2 Å². The maximum Gasteiger partial charge on any atom is 0.283 e. The van der Waals surface area contributed by atoms with Gasteiger partial charge in [0, 0.05) is 36.7 Å². The van der Waals surface area contributed by atoms with Gasteiger partial charge in [-0.15, -0.1) is 0 Å². The van der Waals surface area contributed by atoms with Crippen LogP contribution in [0.5, 0.6) is 0 Å². The number of carbonyl (C=O) groups is 1. The largest absolute Gasteiger partial charge is 0.459 e. The van der Waals surface area contributed by atoms with E-state index in [2.05, 4.69) is 15.3 Å². The smallest absolute Gasteiger partial charge is 0.283 e. The zero-order valence-electron chi connectivity index (χ0n) is 17.6. The van der Waals surface area contributed by atoms with Crippen molar-refractivity contribution in [1.82, 2.24) is 4.98 Å². The Balaban J connectivity index is 1.63. The summed E-state index contributed by atoms with van der Waals surface area (Å²) in [6.45, 7) is 1.63. The number of alkyl halides is 2. The molecule has 1 aliphatic heterocycles. The van der Waals surface area contributed by atoms with Gasteiger partial charge >= 0.3 is 0 Å². The van der Waals surface area contributed by atoms with Crippen molar-refractivity contribution in [1.29, 1.82) is 0 Å². The van der Waals surface area contributed by atoms with Gasteiger partial charge in [0.2, 0.25) is 5.92 Å². The first-order valence-corrected chi connectivity index (χ1v) is 10.6. The summed E-state index contributed by atoms with van der Waals surface area (Å²) in [7, 11) is 0. The van der Waals surface area contributed by atoms with Crippen LogP contribution in [-0.2, 0) is 10.3 Å². The number of amidine groups is 1. The number of nitrogens with zero attached hydrogens (tertiary/aromatic N) is 2. The monoisotopic (exact) mass is 484 g/mol. The fourth-order valence-electron chi connectivity index (χ4n) is 4.48. The molecule has 0 radical (unpaired) electrons. The average Bonchev–Trinajstić information content (AvgIpc) is 2.71. The number of benzene rings is 1. The highest BCUT2D eigenvalue weighted by Gasteiger charge is 2.51. The highest BCUT2D eigenvalue weighted by molar-refractivity contribution is 6.30. The summed E-state index contributed by atoms with van der Waals surface area (Å²) in [5, 5.41) is 2.51. The van der Waals surface area contributed by atoms with E-state index in [1.807, 2.05) is 0 Å². The van der Waals surface area contributed by atoms with Gasteiger partial charge in [-0.05, 0) is 44.0 Å². The van der Waals surface area contributed by atoms with Gasteiger partial charge in [-0.3, -0.25) is 4.79 Å². The molecular formula is C22H21ClF4N4O2. The zero-order chi connectivity index (χ0) is 24.0. The van der Waals surface area contributed by atoms with E-state index in [1.165, 1.54) is 12.1 Å². The Labute approximate surface area is 192 Å².